The molecule has 0 spiro atoms. The van der Waals surface area contributed by atoms with E-state index in [1.54, 1.807) is 6.92 Å². The minimum Gasteiger partial charge on any atom is -0.481 e. The molecule has 0 aliphatic heterocycles. The third kappa shape index (κ3) is 3.53. The number of hydrogen-bond donors (Lipinski definition) is 2. The number of carboxylic acids is 1. The molecule has 0 heterocycles. The molecule has 1 aromatic carbocycles. The summed E-state index contributed by atoms with van der Waals surface area (Å²) < 4.78 is 13.3. The lowest BCUT2D eigenvalue weighted by Gasteiger charge is -2.11. The van der Waals surface area contributed by atoms with Gasteiger partial charge in [0.15, 0.2) is 0 Å². The van der Waals surface area contributed by atoms with E-state index in [9.17, 15) is 14.0 Å². The van der Waals surface area contributed by atoms with Crippen molar-refractivity contribution in [2.75, 3.05) is 6.54 Å². The predicted octanol–water partition coefficient (Wildman–Crippen LogP) is 2.43. The van der Waals surface area contributed by atoms with Gasteiger partial charge in [-0.2, -0.15) is 0 Å². The first kappa shape index (κ1) is 14.6. The van der Waals surface area contributed by atoms with Crippen molar-refractivity contribution in [1.29, 1.82) is 0 Å². The van der Waals surface area contributed by atoms with Crippen molar-refractivity contribution in [3.63, 3.8) is 0 Å². The van der Waals surface area contributed by atoms with Gasteiger partial charge in [0.1, 0.15) is 5.82 Å². The molecule has 18 heavy (non-hydrogen) atoms. The summed E-state index contributed by atoms with van der Waals surface area (Å²) in [5.74, 6) is -2.63. The van der Waals surface area contributed by atoms with Gasteiger partial charge in [0, 0.05) is 6.54 Å². The normalized spacial score (nSPS) is 11.9. The van der Waals surface area contributed by atoms with Gasteiger partial charge >= 0.3 is 5.97 Å². The number of carbonyl (C=O) groups excluding carboxylic acids is 1. The van der Waals surface area contributed by atoms with Crippen LogP contribution in [0.4, 0.5) is 4.39 Å². The first-order valence-electron chi connectivity index (χ1n) is 5.42. The van der Waals surface area contributed by atoms with Gasteiger partial charge in [-0.15, -0.1) is 0 Å². The Labute approximate surface area is 112 Å². The van der Waals surface area contributed by atoms with Gasteiger partial charge in [-0.25, -0.2) is 4.39 Å². The molecule has 0 saturated heterocycles. The summed E-state index contributed by atoms with van der Waals surface area (Å²) in [5.41, 5.74) is 0.148. The zero-order chi connectivity index (χ0) is 13.7. The summed E-state index contributed by atoms with van der Waals surface area (Å²) in [4.78, 5) is 22.5. The van der Waals surface area contributed by atoms with Crippen molar-refractivity contribution in [2.45, 2.75) is 13.3 Å². The van der Waals surface area contributed by atoms with Crippen LogP contribution < -0.4 is 5.32 Å². The Bertz CT molecular complexity index is 465. The predicted molar refractivity (Wildman–Crippen MR) is 67.9 cm³/mol. The van der Waals surface area contributed by atoms with E-state index < -0.39 is 23.6 Å². The fourth-order valence-corrected chi connectivity index (χ4v) is 1.84. The average molecular weight is 318 g/mol. The smallest absolute Gasteiger partial charge is 0.308 e. The Morgan fingerprint density at radius 2 is 2.17 bits per heavy atom. The van der Waals surface area contributed by atoms with Crippen LogP contribution in [0.1, 0.15) is 23.7 Å². The van der Waals surface area contributed by atoms with Crippen molar-refractivity contribution in [2.24, 2.45) is 5.92 Å². The van der Waals surface area contributed by atoms with E-state index in [0.717, 1.165) is 0 Å². The summed E-state index contributed by atoms with van der Waals surface area (Å²) in [6.07, 6.45) is 0.417. The van der Waals surface area contributed by atoms with Crippen LogP contribution in [0.3, 0.4) is 0 Å². The molecule has 1 unspecified atom stereocenters. The van der Waals surface area contributed by atoms with Crippen molar-refractivity contribution < 1.29 is 19.1 Å². The van der Waals surface area contributed by atoms with E-state index >= 15 is 0 Å². The zero-order valence-electron chi connectivity index (χ0n) is 9.74. The minimum absolute atomic E-state index is 0.0214. The van der Waals surface area contributed by atoms with E-state index in [1.807, 2.05) is 0 Å². The molecule has 0 aliphatic rings. The molecule has 1 aromatic rings. The highest BCUT2D eigenvalue weighted by atomic mass is 79.9. The van der Waals surface area contributed by atoms with E-state index in [-0.39, 0.29) is 16.6 Å². The molecule has 0 bridgehead atoms. The summed E-state index contributed by atoms with van der Waals surface area (Å²) in [5, 5.41) is 11.3. The summed E-state index contributed by atoms with van der Waals surface area (Å²) in [6, 6.07) is 4.11. The van der Waals surface area contributed by atoms with Crippen LogP contribution in [0.2, 0.25) is 0 Å². The van der Waals surface area contributed by atoms with E-state index in [1.165, 1.54) is 18.2 Å². The fraction of sp³-hybridized carbons (Fsp3) is 0.333. The summed E-state index contributed by atoms with van der Waals surface area (Å²) >= 11 is 2.98. The number of carbonyl (C=O) groups is 2. The van der Waals surface area contributed by atoms with Crippen LogP contribution in [0, 0.1) is 11.7 Å². The SMILES string of the molecule is CCC(CNC(=O)c1cccc(F)c1Br)C(=O)O. The van der Waals surface area contributed by atoms with Gasteiger partial charge in [-0.05, 0) is 34.5 Å². The Kier molecular flexibility index (Phi) is 5.27. The molecular weight excluding hydrogens is 305 g/mol. The number of rotatable bonds is 5. The molecule has 98 valence electrons. The molecule has 6 heteroatoms. The highest BCUT2D eigenvalue weighted by Gasteiger charge is 2.18. The maximum atomic E-state index is 13.2. The first-order chi connectivity index (χ1) is 8.47. The maximum absolute atomic E-state index is 13.2. The van der Waals surface area contributed by atoms with Crippen molar-refractivity contribution in [3.05, 3.63) is 34.1 Å². The van der Waals surface area contributed by atoms with Gasteiger partial charge < -0.3 is 10.4 Å². The van der Waals surface area contributed by atoms with E-state index in [4.69, 9.17) is 5.11 Å². The Morgan fingerprint density at radius 1 is 1.50 bits per heavy atom. The van der Waals surface area contributed by atoms with Crippen LogP contribution in [-0.4, -0.2) is 23.5 Å². The zero-order valence-corrected chi connectivity index (χ0v) is 11.3. The molecule has 2 N–H and O–H groups in total. The van der Waals surface area contributed by atoms with Crippen molar-refractivity contribution in [1.82, 2.24) is 5.32 Å². The quantitative estimate of drug-likeness (QED) is 0.876. The van der Waals surface area contributed by atoms with Gasteiger partial charge in [0.25, 0.3) is 5.91 Å². The fourth-order valence-electron chi connectivity index (χ4n) is 1.40. The van der Waals surface area contributed by atoms with Crippen LogP contribution in [-0.2, 0) is 4.79 Å². The standard InChI is InChI=1S/C12H13BrFNO3/c1-2-7(12(17)18)6-15-11(16)8-4-3-5-9(14)10(8)13/h3-5,7H,2,6H2,1H3,(H,15,16)(H,17,18). The molecule has 0 radical (unpaired) electrons. The molecule has 1 atom stereocenters. The van der Waals surface area contributed by atoms with Crippen LogP contribution in [0.15, 0.2) is 22.7 Å². The number of carboxylic acid groups (broad SMARTS) is 1. The molecule has 4 nitrogen and oxygen atoms in total. The lowest BCUT2D eigenvalue weighted by molar-refractivity contribution is -0.141. The van der Waals surface area contributed by atoms with Gasteiger partial charge in [-0.1, -0.05) is 13.0 Å². The lowest BCUT2D eigenvalue weighted by atomic mass is 10.1. The number of aliphatic carboxylic acids is 1. The second kappa shape index (κ2) is 6.49. The minimum atomic E-state index is -0.962. The number of hydrogen-bond acceptors (Lipinski definition) is 2. The lowest BCUT2D eigenvalue weighted by Crippen LogP contribution is -2.32. The third-order valence-electron chi connectivity index (χ3n) is 2.55. The van der Waals surface area contributed by atoms with E-state index in [0.29, 0.717) is 6.42 Å². The number of halogens is 2. The Hall–Kier alpha value is -1.43. The Morgan fingerprint density at radius 3 is 2.72 bits per heavy atom. The monoisotopic (exact) mass is 317 g/mol. The van der Waals surface area contributed by atoms with E-state index in [2.05, 4.69) is 21.2 Å². The average Bonchev–Trinajstić information content (AvgIpc) is 2.32. The first-order valence-corrected chi connectivity index (χ1v) is 6.21. The van der Waals surface area contributed by atoms with Crippen LogP contribution in [0.25, 0.3) is 0 Å². The third-order valence-corrected chi connectivity index (χ3v) is 3.35. The molecular formula is C12H13BrFNO3. The number of amides is 1. The Balaban J connectivity index is 2.71. The highest BCUT2D eigenvalue weighted by molar-refractivity contribution is 9.10. The highest BCUT2D eigenvalue weighted by Crippen LogP contribution is 2.20. The maximum Gasteiger partial charge on any atom is 0.308 e. The van der Waals surface area contributed by atoms with Crippen molar-refractivity contribution >= 4 is 27.8 Å². The number of nitrogens with one attached hydrogen (secondary N) is 1. The molecule has 1 amide bonds. The van der Waals surface area contributed by atoms with Gasteiger partial charge in [0.2, 0.25) is 0 Å². The molecule has 0 fully saturated rings. The largest absolute Gasteiger partial charge is 0.481 e. The molecule has 1 rings (SSSR count). The molecule has 0 aromatic heterocycles. The topological polar surface area (TPSA) is 66.4 Å². The number of benzene rings is 1. The molecule has 0 aliphatic carbocycles. The van der Waals surface area contributed by atoms with Crippen LogP contribution in [0.5, 0.6) is 0 Å². The summed E-state index contributed by atoms with van der Waals surface area (Å²) in [7, 11) is 0. The second-order valence-electron chi connectivity index (χ2n) is 3.75. The second-order valence-corrected chi connectivity index (χ2v) is 4.55. The summed E-state index contributed by atoms with van der Waals surface area (Å²) in [6.45, 7) is 1.75. The van der Waals surface area contributed by atoms with Crippen LogP contribution >= 0.6 is 15.9 Å². The van der Waals surface area contributed by atoms with Gasteiger partial charge in [0.05, 0.1) is 16.0 Å². The van der Waals surface area contributed by atoms with Crippen molar-refractivity contribution in [3.8, 4) is 0 Å². The molecule has 0 saturated carbocycles. The van der Waals surface area contributed by atoms with Gasteiger partial charge in [-0.3, -0.25) is 9.59 Å².